The maximum atomic E-state index is 13.4. The Kier molecular flexibility index (Phi) is 6.16. The molecule has 0 aliphatic carbocycles. The molecule has 3 aromatic rings. The molecule has 0 bridgehead atoms. The molecule has 0 spiro atoms. The summed E-state index contributed by atoms with van der Waals surface area (Å²) in [6, 6.07) is 12.5. The van der Waals surface area contributed by atoms with E-state index >= 15 is 0 Å². The summed E-state index contributed by atoms with van der Waals surface area (Å²) in [6.07, 6.45) is 4.90. The summed E-state index contributed by atoms with van der Waals surface area (Å²) in [4.78, 5) is 20.2. The van der Waals surface area contributed by atoms with Gasteiger partial charge in [-0.2, -0.15) is 5.10 Å². The Labute approximate surface area is 182 Å². The van der Waals surface area contributed by atoms with Gasteiger partial charge in [0.15, 0.2) is 0 Å². The Morgan fingerprint density at radius 2 is 1.87 bits per heavy atom. The van der Waals surface area contributed by atoms with Gasteiger partial charge in [0.25, 0.3) is 0 Å². The highest BCUT2D eigenvalue weighted by atomic mass is 19.1. The second kappa shape index (κ2) is 9.00. The normalized spacial score (nSPS) is 17.5. The Bertz CT molecular complexity index is 1060. The second-order valence-corrected chi connectivity index (χ2v) is 8.55. The van der Waals surface area contributed by atoms with Crippen molar-refractivity contribution < 1.29 is 9.18 Å². The first-order valence-electron chi connectivity index (χ1n) is 11.0. The summed E-state index contributed by atoms with van der Waals surface area (Å²) >= 11 is 0. The maximum absolute atomic E-state index is 13.4. The van der Waals surface area contributed by atoms with Crippen LogP contribution in [0, 0.1) is 25.6 Å². The lowest BCUT2D eigenvalue weighted by Crippen LogP contribution is -2.42. The van der Waals surface area contributed by atoms with E-state index in [2.05, 4.69) is 11.2 Å². The molecule has 31 heavy (non-hydrogen) atoms. The topological polar surface area (TPSA) is 51.0 Å². The number of nitrogens with zero attached hydrogens (tertiary/aromatic N) is 4. The number of pyridine rings is 1. The summed E-state index contributed by atoms with van der Waals surface area (Å²) in [5.74, 6) is -0.272. The van der Waals surface area contributed by atoms with Crippen molar-refractivity contribution in [1.29, 1.82) is 0 Å². The van der Waals surface area contributed by atoms with E-state index in [-0.39, 0.29) is 23.7 Å². The highest BCUT2D eigenvalue weighted by Crippen LogP contribution is 2.33. The van der Waals surface area contributed by atoms with Gasteiger partial charge in [-0.05, 0) is 74.6 Å². The molecule has 162 valence electrons. The van der Waals surface area contributed by atoms with Crippen molar-refractivity contribution in [2.45, 2.75) is 52.6 Å². The van der Waals surface area contributed by atoms with Gasteiger partial charge in [-0.3, -0.25) is 14.5 Å². The third kappa shape index (κ3) is 4.84. The lowest BCUT2D eigenvalue weighted by Gasteiger charge is -2.37. The average Bonchev–Trinajstić information content (AvgIpc) is 3.17. The van der Waals surface area contributed by atoms with Crippen LogP contribution in [0.15, 0.2) is 48.7 Å². The molecule has 1 amide bonds. The van der Waals surface area contributed by atoms with E-state index in [1.54, 1.807) is 12.1 Å². The predicted molar refractivity (Wildman–Crippen MR) is 119 cm³/mol. The van der Waals surface area contributed by atoms with E-state index in [1.165, 1.54) is 12.1 Å². The molecular formula is C25H29FN4O. The third-order valence-corrected chi connectivity index (χ3v) is 5.93. The zero-order valence-electron chi connectivity index (χ0n) is 18.4. The van der Waals surface area contributed by atoms with Gasteiger partial charge >= 0.3 is 0 Å². The van der Waals surface area contributed by atoms with Crippen molar-refractivity contribution >= 4 is 5.91 Å². The smallest absolute Gasteiger partial charge is 0.227 e. The number of piperidine rings is 1. The van der Waals surface area contributed by atoms with E-state index in [0.717, 1.165) is 54.0 Å². The zero-order chi connectivity index (χ0) is 22.0. The standard InChI is InChI=1S/C25H29FN4O/c1-17(16-29-13-11-18(2)28-29)25(31)30-12-5-4-6-24(30)23-15-21(14-19(3)27-23)20-7-9-22(26)10-8-20/h7-11,13-15,17,24H,4-6,12,16H2,1-3H3. The molecule has 5 nitrogen and oxygen atoms in total. The lowest BCUT2D eigenvalue weighted by molar-refractivity contribution is -0.139. The highest BCUT2D eigenvalue weighted by molar-refractivity contribution is 5.79. The number of halogens is 1. The van der Waals surface area contributed by atoms with Crippen molar-refractivity contribution in [2.24, 2.45) is 5.92 Å². The molecule has 1 aromatic carbocycles. The van der Waals surface area contributed by atoms with Crippen LogP contribution >= 0.6 is 0 Å². The molecule has 4 rings (SSSR count). The molecule has 1 aliphatic rings. The third-order valence-electron chi connectivity index (χ3n) is 5.93. The van der Waals surface area contributed by atoms with Crippen molar-refractivity contribution in [3.63, 3.8) is 0 Å². The van der Waals surface area contributed by atoms with Crippen molar-refractivity contribution in [3.8, 4) is 11.1 Å². The molecule has 0 saturated carbocycles. The predicted octanol–water partition coefficient (Wildman–Crippen LogP) is 5.09. The van der Waals surface area contributed by atoms with Gasteiger partial charge in [-0.1, -0.05) is 19.1 Å². The number of likely N-dealkylation sites (tertiary alicyclic amines) is 1. The summed E-state index contributed by atoms with van der Waals surface area (Å²) in [5, 5.41) is 4.43. The summed E-state index contributed by atoms with van der Waals surface area (Å²) in [7, 11) is 0. The van der Waals surface area contributed by atoms with E-state index in [0.29, 0.717) is 6.54 Å². The first-order valence-corrected chi connectivity index (χ1v) is 11.0. The van der Waals surface area contributed by atoms with Gasteiger partial charge in [-0.25, -0.2) is 4.39 Å². The van der Waals surface area contributed by atoms with Gasteiger partial charge in [0.2, 0.25) is 5.91 Å². The fourth-order valence-corrected chi connectivity index (χ4v) is 4.38. The van der Waals surface area contributed by atoms with Crippen LogP contribution in [0.3, 0.4) is 0 Å². The molecule has 1 fully saturated rings. The Morgan fingerprint density at radius 1 is 1.10 bits per heavy atom. The first kappa shape index (κ1) is 21.2. The van der Waals surface area contributed by atoms with Crippen LogP contribution in [0.1, 0.15) is 49.3 Å². The van der Waals surface area contributed by atoms with Crippen LogP contribution in [-0.2, 0) is 11.3 Å². The minimum absolute atomic E-state index is 0.0397. The molecule has 6 heteroatoms. The van der Waals surface area contributed by atoms with Crippen molar-refractivity contribution in [3.05, 3.63) is 71.6 Å². The van der Waals surface area contributed by atoms with Crippen LogP contribution in [0.5, 0.6) is 0 Å². The fourth-order valence-electron chi connectivity index (χ4n) is 4.38. The van der Waals surface area contributed by atoms with E-state index in [4.69, 9.17) is 4.98 Å². The zero-order valence-corrected chi connectivity index (χ0v) is 18.4. The van der Waals surface area contributed by atoms with Gasteiger partial charge in [0.05, 0.1) is 29.9 Å². The number of aromatic nitrogens is 3. The summed E-state index contributed by atoms with van der Waals surface area (Å²) < 4.78 is 15.2. The SMILES string of the molecule is Cc1cc(-c2ccc(F)cc2)cc(C2CCCCN2C(=O)C(C)Cn2ccc(C)n2)n1. The van der Waals surface area contributed by atoms with Crippen molar-refractivity contribution in [1.82, 2.24) is 19.7 Å². The average molecular weight is 421 g/mol. The number of carbonyl (C=O) groups excluding carboxylic acids is 1. The van der Waals surface area contributed by atoms with E-state index < -0.39 is 0 Å². The number of amides is 1. The van der Waals surface area contributed by atoms with Crippen LogP contribution in [-0.4, -0.2) is 32.1 Å². The highest BCUT2D eigenvalue weighted by Gasteiger charge is 2.32. The molecule has 0 N–H and O–H groups in total. The van der Waals surface area contributed by atoms with Gasteiger partial charge in [-0.15, -0.1) is 0 Å². The number of carbonyl (C=O) groups is 1. The van der Waals surface area contributed by atoms with Crippen molar-refractivity contribution in [2.75, 3.05) is 6.54 Å². The Balaban J connectivity index is 1.59. The molecule has 2 aromatic heterocycles. The maximum Gasteiger partial charge on any atom is 0.227 e. The second-order valence-electron chi connectivity index (χ2n) is 8.55. The van der Waals surface area contributed by atoms with Gasteiger partial charge in [0, 0.05) is 18.4 Å². The lowest BCUT2D eigenvalue weighted by atomic mass is 9.94. The van der Waals surface area contributed by atoms with E-state index in [1.807, 2.05) is 48.7 Å². The number of rotatable bonds is 5. The summed E-state index contributed by atoms with van der Waals surface area (Å²) in [6.45, 7) is 7.20. The van der Waals surface area contributed by atoms with Crippen LogP contribution in [0.25, 0.3) is 11.1 Å². The molecule has 1 saturated heterocycles. The van der Waals surface area contributed by atoms with Crippen LogP contribution in [0.4, 0.5) is 4.39 Å². The van der Waals surface area contributed by atoms with Crippen LogP contribution in [0.2, 0.25) is 0 Å². The largest absolute Gasteiger partial charge is 0.334 e. The summed E-state index contributed by atoms with van der Waals surface area (Å²) in [5.41, 5.74) is 4.71. The molecule has 2 unspecified atom stereocenters. The molecule has 2 atom stereocenters. The quantitative estimate of drug-likeness (QED) is 0.578. The number of aryl methyl sites for hydroxylation is 2. The number of hydrogen-bond donors (Lipinski definition) is 0. The molecular weight excluding hydrogens is 391 g/mol. The Morgan fingerprint density at radius 3 is 2.58 bits per heavy atom. The number of hydrogen-bond acceptors (Lipinski definition) is 3. The van der Waals surface area contributed by atoms with Crippen LogP contribution < -0.4 is 0 Å². The van der Waals surface area contributed by atoms with E-state index in [9.17, 15) is 9.18 Å². The first-order chi connectivity index (χ1) is 14.9. The molecule has 0 radical (unpaired) electrons. The minimum atomic E-state index is -0.250. The monoisotopic (exact) mass is 420 g/mol. The fraction of sp³-hybridized carbons (Fsp3) is 0.400. The molecule has 1 aliphatic heterocycles. The van der Waals surface area contributed by atoms with Gasteiger partial charge < -0.3 is 4.90 Å². The number of benzene rings is 1. The molecule has 3 heterocycles. The van der Waals surface area contributed by atoms with Gasteiger partial charge in [0.1, 0.15) is 5.82 Å². The Hall–Kier alpha value is -3.02. The minimum Gasteiger partial charge on any atom is -0.334 e.